The van der Waals surface area contributed by atoms with E-state index < -0.39 is 17.7 Å². The van der Waals surface area contributed by atoms with Gasteiger partial charge in [-0.15, -0.1) is 0 Å². The lowest BCUT2D eigenvalue weighted by Crippen LogP contribution is -2.41. The first-order valence-corrected chi connectivity index (χ1v) is 6.52. The number of carbonyl (C=O) groups excluding carboxylic acids is 2. The van der Waals surface area contributed by atoms with Gasteiger partial charge in [0.25, 0.3) is 5.79 Å². The molecular formula is C14H13BrO4. The molecule has 0 atom stereocenters. The van der Waals surface area contributed by atoms with Crippen LogP contribution in [-0.2, 0) is 19.1 Å². The van der Waals surface area contributed by atoms with Gasteiger partial charge < -0.3 is 9.47 Å². The zero-order valence-electron chi connectivity index (χ0n) is 10.8. The second-order valence-corrected chi connectivity index (χ2v) is 5.71. The summed E-state index contributed by atoms with van der Waals surface area (Å²) < 4.78 is 10.9. The first kappa shape index (κ1) is 13.8. The Hall–Kier alpha value is -1.62. The molecule has 0 radical (unpaired) electrons. The number of cyclic esters (lactones) is 2. The molecule has 0 spiro atoms. The SMILES string of the molecule is Cc1cc(Br)cc(C=C2C(=O)OC(C)(C)OC2=O)c1. The van der Waals surface area contributed by atoms with Crippen molar-refractivity contribution in [2.45, 2.75) is 26.6 Å². The first-order valence-electron chi connectivity index (χ1n) is 5.72. The maximum Gasteiger partial charge on any atom is 0.348 e. The molecule has 1 saturated heterocycles. The van der Waals surface area contributed by atoms with Crippen molar-refractivity contribution in [3.05, 3.63) is 39.4 Å². The Morgan fingerprint density at radius 2 is 1.68 bits per heavy atom. The lowest BCUT2D eigenvalue weighted by Gasteiger charge is -2.29. The summed E-state index contributed by atoms with van der Waals surface area (Å²) in [6.45, 7) is 4.96. The average molecular weight is 325 g/mol. The van der Waals surface area contributed by atoms with Crippen molar-refractivity contribution in [3.63, 3.8) is 0 Å². The molecule has 0 amide bonds. The van der Waals surface area contributed by atoms with Crippen molar-refractivity contribution >= 4 is 33.9 Å². The molecule has 19 heavy (non-hydrogen) atoms. The van der Waals surface area contributed by atoms with Gasteiger partial charge in [-0.3, -0.25) is 0 Å². The molecule has 2 rings (SSSR count). The maximum absolute atomic E-state index is 11.8. The second-order valence-electron chi connectivity index (χ2n) is 4.80. The summed E-state index contributed by atoms with van der Waals surface area (Å²) in [5, 5.41) is 0. The third-order valence-electron chi connectivity index (χ3n) is 2.49. The van der Waals surface area contributed by atoms with Gasteiger partial charge in [0, 0.05) is 18.3 Å². The van der Waals surface area contributed by atoms with Gasteiger partial charge in [0.2, 0.25) is 0 Å². The van der Waals surface area contributed by atoms with Gasteiger partial charge in [0.15, 0.2) is 0 Å². The summed E-state index contributed by atoms with van der Waals surface area (Å²) in [7, 11) is 0. The lowest BCUT2D eigenvalue weighted by molar-refractivity contribution is -0.222. The second kappa shape index (κ2) is 4.81. The molecule has 1 aromatic carbocycles. The number of esters is 2. The Kier molecular flexibility index (Phi) is 3.49. The summed E-state index contributed by atoms with van der Waals surface area (Å²) in [6.07, 6.45) is 1.47. The Morgan fingerprint density at radius 1 is 1.11 bits per heavy atom. The van der Waals surface area contributed by atoms with E-state index in [1.807, 2.05) is 19.1 Å². The van der Waals surface area contributed by atoms with E-state index in [9.17, 15) is 9.59 Å². The minimum Gasteiger partial charge on any atom is -0.419 e. The molecule has 0 aromatic heterocycles. The molecular weight excluding hydrogens is 312 g/mol. The third kappa shape index (κ3) is 3.23. The van der Waals surface area contributed by atoms with E-state index >= 15 is 0 Å². The number of halogens is 1. The van der Waals surface area contributed by atoms with Crippen LogP contribution in [0.3, 0.4) is 0 Å². The van der Waals surface area contributed by atoms with E-state index in [4.69, 9.17) is 9.47 Å². The highest BCUT2D eigenvalue weighted by atomic mass is 79.9. The summed E-state index contributed by atoms with van der Waals surface area (Å²) in [6, 6.07) is 5.60. The number of hydrogen-bond acceptors (Lipinski definition) is 4. The molecule has 1 heterocycles. The van der Waals surface area contributed by atoms with E-state index in [1.165, 1.54) is 19.9 Å². The van der Waals surface area contributed by atoms with Crippen LogP contribution in [0.1, 0.15) is 25.0 Å². The van der Waals surface area contributed by atoms with Crippen molar-refractivity contribution in [2.75, 3.05) is 0 Å². The molecule has 1 aliphatic heterocycles. The Morgan fingerprint density at radius 3 is 2.21 bits per heavy atom. The summed E-state index contributed by atoms with van der Waals surface area (Å²) in [5.74, 6) is -2.55. The van der Waals surface area contributed by atoms with Gasteiger partial charge in [0.05, 0.1) is 0 Å². The molecule has 1 aromatic rings. The van der Waals surface area contributed by atoms with Gasteiger partial charge in [-0.05, 0) is 36.3 Å². The largest absolute Gasteiger partial charge is 0.419 e. The summed E-state index contributed by atoms with van der Waals surface area (Å²) >= 11 is 3.36. The average Bonchev–Trinajstić information content (AvgIpc) is 2.20. The van der Waals surface area contributed by atoms with Gasteiger partial charge >= 0.3 is 11.9 Å². The Bertz CT molecular complexity index is 545. The van der Waals surface area contributed by atoms with Crippen LogP contribution < -0.4 is 0 Å². The topological polar surface area (TPSA) is 52.6 Å². The zero-order valence-corrected chi connectivity index (χ0v) is 12.4. The fraction of sp³-hybridized carbons (Fsp3) is 0.286. The number of benzene rings is 1. The van der Waals surface area contributed by atoms with E-state index in [2.05, 4.69) is 15.9 Å². The minimum atomic E-state index is -1.21. The monoisotopic (exact) mass is 324 g/mol. The fourth-order valence-corrected chi connectivity index (χ4v) is 2.42. The molecule has 100 valence electrons. The highest BCUT2D eigenvalue weighted by molar-refractivity contribution is 9.10. The lowest BCUT2D eigenvalue weighted by atomic mass is 10.1. The van der Waals surface area contributed by atoms with Crippen LogP contribution in [0.2, 0.25) is 0 Å². The predicted octanol–water partition coefficient (Wildman–Crippen LogP) is 2.98. The van der Waals surface area contributed by atoms with Crippen LogP contribution in [0.4, 0.5) is 0 Å². The van der Waals surface area contributed by atoms with Gasteiger partial charge in [-0.25, -0.2) is 9.59 Å². The number of hydrogen-bond donors (Lipinski definition) is 0. The molecule has 4 nitrogen and oxygen atoms in total. The van der Waals surface area contributed by atoms with Crippen molar-refractivity contribution in [3.8, 4) is 0 Å². The molecule has 5 heteroatoms. The normalized spacial score (nSPS) is 17.8. The fourth-order valence-electron chi connectivity index (χ4n) is 1.79. The van der Waals surface area contributed by atoms with Crippen molar-refractivity contribution in [1.82, 2.24) is 0 Å². The number of rotatable bonds is 1. The van der Waals surface area contributed by atoms with Crippen molar-refractivity contribution < 1.29 is 19.1 Å². The van der Waals surface area contributed by atoms with Crippen LogP contribution >= 0.6 is 15.9 Å². The molecule has 0 saturated carbocycles. The highest BCUT2D eigenvalue weighted by Crippen LogP contribution is 2.25. The molecule has 0 aliphatic carbocycles. The van der Waals surface area contributed by atoms with E-state index in [1.54, 1.807) is 6.07 Å². The standard InChI is InChI=1S/C14H13BrO4/c1-8-4-9(6-10(15)5-8)7-11-12(16)18-14(2,3)19-13(11)17/h4-7H,1-3H3. The van der Waals surface area contributed by atoms with Crippen LogP contribution in [-0.4, -0.2) is 17.7 Å². The summed E-state index contributed by atoms with van der Waals surface area (Å²) in [5.41, 5.74) is 1.64. The van der Waals surface area contributed by atoms with Crippen LogP contribution in [0, 0.1) is 6.92 Å². The van der Waals surface area contributed by atoms with E-state index in [-0.39, 0.29) is 5.57 Å². The van der Waals surface area contributed by atoms with Gasteiger partial charge in [-0.2, -0.15) is 0 Å². The Labute approximate surface area is 119 Å². The molecule has 0 bridgehead atoms. The maximum atomic E-state index is 11.8. The van der Waals surface area contributed by atoms with Crippen molar-refractivity contribution in [1.29, 1.82) is 0 Å². The minimum absolute atomic E-state index is 0.100. The quantitative estimate of drug-likeness (QED) is 0.452. The molecule has 1 aliphatic rings. The zero-order chi connectivity index (χ0) is 14.2. The smallest absolute Gasteiger partial charge is 0.348 e. The highest BCUT2D eigenvalue weighted by Gasteiger charge is 2.38. The summed E-state index contributed by atoms with van der Waals surface area (Å²) in [4.78, 5) is 23.6. The Balaban J connectivity index is 2.38. The van der Waals surface area contributed by atoms with Crippen LogP contribution in [0.15, 0.2) is 28.2 Å². The number of carbonyl (C=O) groups is 2. The van der Waals surface area contributed by atoms with Crippen molar-refractivity contribution in [2.24, 2.45) is 0 Å². The third-order valence-corrected chi connectivity index (χ3v) is 2.95. The van der Waals surface area contributed by atoms with Gasteiger partial charge in [0.1, 0.15) is 5.57 Å². The molecule has 0 N–H and O–H groups in total. The van der Waals surface area contributed by atoms with E-state index in [0.717, 1.165) is 15.6 Å². The number of ether oxygens (including phenoxy) is 2. The first-order chi connectivity index (χ1) is 8.77. The predicted molar refractivity (Wildman–Crippen MR) is 73.1 cm³/mol. The van der Waals surface area contributed by atoms with Crippen LogP contribution in [0.25, 0.3) is 6.08 Å². The molecule has 1 fully saturated rings. The van der Waals surface area contributed by atoms with Gasteiger partial charge in [-0.1, -0.05) is 22.0 Å². The van der Waals surface area contributed by atoms with E-state index in [0.29, 0.717) is 0 Å². The number of aryl methyl sites for hydroxylation is 1. The van der Waals surface area contributed by atoms with Crippen LogP contribution in [0.5, 0.6) is 0 Å². The molecule has 0 unspecified atom stereocenters.